The Bertz CT molecular complexity index is 508. The first-order valence-electron chi connectivity index (χ1n) is 8.23. The standard InChI is InChI=1S/C17H27N3O2S/c1-13(11-15-5-4-10-23-15)18-17(22)20-8-6-14(7-9-20)12-16(21)19(2)3/h4-5,10,13-14H,6-9,11-12H2,1-3H3,(H,18,22). The number of nitrogens with zero attached hydrogens (tertiary/aromatic N) is 2. The zero-order chi connectivity index (χ0) is 16.8. The van der Waals surface area contributed by atoms with Gasteiger partial charge in [0.15, 0.2) is 0 Å². The highest BCUT2D eigenvalue weighted by molar-refractivity contribution is 7.09. The summed E-state index contributed by atoms with van der Waals surface area (Å²) in [5.41, 5.74) is 0. The summed E-state index contributed by atoms with van der Waals surface area (Å²) in [6.45, 7) is 3.52. The maximum atomic E-state index is 12.3. The first kappa shape index (κ1) is 17.8. The van der Waals surface area contributed by atoms with Crippen molar-refractivity contribution in [3.8, 4) is 0 Å². The zero-order valence-corrected chi connectivity index (χ0v) is 15.1. The normalized spacial score (nSPS) is 16.9. The molecule has 0 bridgehead atoms. The lowest BCUT2D eigenvalue weighted by molar-refractivity contribution is -0.129. The fraction of sp³-hybridized carbons (Fsp3) is 0.647. The summed E-state index contributed by atoms with van der Waals surface area (Å²) in [6, 6.07) is 4.29. The molecule has 1 N–H and O–H groups in total. The molecule has 0 aliphatic carbocycles. The van der Waals surface area contributed by atoms with Crippen LogP contribution in [0.4, 0.5) is 4.79 Å². The van der Waals surface area contributed by atoms with Gasteiger partial charge in [0.25, 0.3) is 0 Å². The minimum absolute atomic E-state index is 0.0199. The molecule has 23 heavy (non-hydrogen) atoms. The molecule has 1 aliphatic rings. The van der Waals surface area contributed by atoms with Crippen molar-refractivity contribution in [2.24, 2.45) is 5.92 Å². The lowest BCUT2D eigenvalue weighted by atomic mass is 9.93. The number of piperidine rings is 1. The van der Waals surface area contributed by atoms with E-state index in [0.29, 0.717) is 12.3 Å². The van der Waals surface area contributed by atoms with Crippen molar-refractivity contribution in [2.45, 2.75) is 38.6 Å². The van der Waals surface area contributed by atoms with Crippen molar-refractivity contribution in [1.29, 1.82) is 0 Å². The average molecular weight is 337 g/mol. The van der Waals surface area contributed by atoms with E-state index in [1.54, 1.807) is 30.3 Å². The maximum Gasteiger partial charge on any atom is 0.317 e. The minimum atomic E-state index is 0.0199. The predicted molar refractivity (Wildman–Crippen MR) is 93.6 cm³/mol. The van der Waals surface area contributed by atoms with E-state index in [1.807, 2.05) is 17.9 Å². The lowest BCUT2D eigenvalue weighted by Gasteiger charge is -2.33. The Labute approximate surface area is 142 Å². The predicted octanol–water partition coefficient (Wildman–Crippen LogP) is 2.58. The van der Waals surface area contributed by atoms with Crippen LogP contribution < -0.4 is 5.32 Å². The fourth-order valence-electron chi connectivity index (χ4n) is 2.85. The number of hydrogen-bond donors (Lipinski definition) is 1. The van der Waals surface area contributed by atoms with Crippen LogP contribution in [0.2, 0.25) is 0 Å². The first-order chi connectivity index (χ1) is 11.0. The van der Waals surface area contributed by atoms with Gasteiger partial charge in [-0.15, -0.1) is 11.3 Å². The van der Waals surface area contributed by atoms with Crippen LogP contribution in [0.3, 0.4) is 0 Å². The van der Waals surface area contributed by atoms with Gasteiger partial charge in [-0.1, -0.05) is 6.07 Å². The summed E-state index contributed by atoms with van der Waals surface area (Å²) in [6.07, 6.45) is 3.28. The molecule has 128 valence electrons. The van der Waals surface area contributed by atoms with Crippen LogP contribution in [0.5, 0.6) is 0 Å². The number of rotatable bonds is 5. The smallest absolute Gasteiger partial charge is 0.317 e. The number of thiophene rings is 1. The van der Waals surface area contributed by atoms with Crippen LogP contribution in [-0.2, 0) is 11.2 Å². The highest BCUT2D eigenvalue weighted by Gasteiger charge is 2.25. The van der Waals surface area contributed by atoms with Gasteiger partial charge in [0.2, 0.25) is 5.91 Å². The molecule has 1 aromatic heterocycles. The van der Waals surface area contributed by atoms with E-state index < -0.39 is 0 Å². The minimum Gasteiger partial charge on any atom is -0.349 e. The Morgan fingerprint density at radius 3 is 2.65 bits per heavy atom. The first-order valence-corrected chi connectivity index (χ1v) is 9.11. The zero-order valence-electron chi connectivity index (χ0n) is 14.2. The molecule has 1 aliphatic heterocycles. The molecule has 0 aromatic carbocycles. The molecule has 0 spiro atoms. The monoisotopic (exact) mass is 337 g/mol. The van der Waals surface area contributed by atoms with Crippen LogP contribution in [0, 0.1) is 5.92 Å². The van der Waals surface area contributed by atoms with E-state index in [-0.39, 0.29) is 18.0 Å². The molecule has 1 atom stereocenters. The molecule has 1 fully saturated rings. The molecule has 1 aromatic rings. The SMILES string of the molecule is CC(Cc1cccs1)NC(=O)N1CCC(CC(=O)N(C)C)CC1. The quantitative estimate of drug-likeness (QED) is 0.898. The molecule has 0 saturated carbocycles. The summed E-state index contributed by atoms with van der Waals surface area (Å²) in [5, 5.41) is 5.14. The average Bonchev–Trinajstić information content (AvgIpc) is 3.00. The van der Waals surface area contributed by atoms with Crippen molar-refractivity contribution in [2.75, 3.05) is 27.2 Å². The van der Waals surface area contributed by atoms with E-state index in [9.17, 15) is 9.59 Å². The number of urea groups is 1. The van der Waals surface area contributed by atoms with Gasteiger partial charge in [0, 0.05) is 50.9 Å². The highest BCUT2D eigenvalue weighted by Crippen LogP contribution is 2.21. The Balaban J connectivity index is 1.72. The molecule has 2 rings (SSSR count). The van der Waals surface area contributed by atoms with Crippen molar-refractivity contribution in [1.82, 2.24) is 15.1 Å². The van der Waals surface area contributed by atoms with Gasteiger partial charge in [-0.25, -0.2) is 4.79 Å². The van der Waals surface area contributed by atoms with Crippen LogP contribution in [0.1, 0.15) is 31.1 Å². The molecule has 1 saturated heterocycles. The molecule has 5 nitrogen and oxygen atoms in total. The largest absolute Gasteiger partial charge is 0.349 e. The molecule has 0 radical (unpaired) electrons. The van der Waals surface area contributed by atoms with Gasteiger partial charge in [-0.05, 0) is 37.1 Å². The Morgan fingerprint density at radius 1 is 1.39 bits per heavy atom. The third-order valence-corrected chi connectivity index (χ3v) is 5.22. The van der Waals surface area contributed by atoms with Crippen molar-refractivity contribution < 1.29 is 9.59 Å². The van der Waals surface area contributed by atoms with E-state index in [0.717, 1.165) is 32.4 Å². The van der Waals surface area contributed by atoms with Gasteiger partial charge in [0.05, 0.1) is 0 Å². The van der Waals surface area contributed by atoms with E-state index >= 15 is 0 Å². The summed E-state index contributed by atoms with van der Waals surface area (Å²) in [5.74, 6) is 0.579. The third-order valence-electron chi connectivity index (χ3n) is 4.32. The number of carbonyl (C=O) groups excluding carboxylic acids is 2. The molecule has 3 amide bonds. The Hall–Kier alpha value is -1.56. The van der Waals surface area contributed by atoms with Gasteiger partial charge < -0.3 is 15.1 Å². The number of amides is 3. The van der Waals surface area contributed by atoms with Crippen LogP contribution in [0.25, 0.3) is 0 Å². The van der Waals surface area contributed by atoms with Gasteiger partial charge in [-0.2, -0.15) is 0 Å². The highest BCUT2D eigenvalue weighted by atomic mass is 32.1. The lowest BCUT2D eigenvalue weighted by Crippen LogP contribution is -2.47. The topological polar surface area (TPSA) is 52.7 Å². The van der Waals surface area contributed by atoms with E-state index in [4.69, 9.17) is 0 Å². The van der Waals surface area contributed by atoms with Gasteiger partial charge >= 0.3 is 6.03 Å². The second-order valence-corrected chi connectivity index (χ2v) is 7.59. The summed E-state index contributed by atoms with van der Waals surface area (Å²) >= 11 is 1.72. The molecule has 1 unspecified atom stereocenters. The van der Waals surface area contributed by atoms with E-state index in [1.165, 1.54) is 4.88 Å². The molecule has 6 heteroatoms. The van der Waals surface area contributed by atoms with Crippen LogP contribution >= 0.6 is 11.3 Å². The fourth-order valence-corrected chi connectivity index (χ4v) is 3.69. The van der Waals surface area contributed by atoms with Gasteiger partial charge in [0.1, 0.15) is 0 Å². The Kier molecular flexibility index (Phi) is 6.45. The van der Waals surface area contributed by atoms with Crippen molar-refractivity contribution in [3.63, 3.8) is 0 Å². The molecular weight excluding hydrogens is 310 g/mol. The number of likely N-dealkylation sites (tertiary alicyclic amines) is 1. The Morgan fingerprint density at radius 2 is 2.09 bits per heavy atom. The van der Waals surface area contributed by atoms with Crippen LogP contribution in [-0.4, -0.2) is 55.0 Å². The second kappa shape index (κ2) is 8.34. The maximum absolute atomic E-state index is 12.3. The van der Waals surface area contributed by atoms with Gasteiger partial charge in [-0.3, -0.25) is 4.79 Å². The number of hydrogen-bond acceptors (Lipinski definition) is 3. The second-order valence-electron chi connectivity index (χ2n) is 6.56. The third kappa shape index (κ3) is 5.53. The molecule has 2 heterocycles. The number of nitrogens with one attached hydrogen (secondary N) is 1. The summed E-state index contributed by atoms with van der Waals surface area (Å²) in [7, 11) is 3.58. The summed E-state index contributed by atoms with van der Waals surface area (Å²) < 4.78 is 0. The number of carbonyl (C=O) groups is 2. The van der Waals surface area contributed by atoms with Crippen LogP contribution in [0.15, 0.2) is 17.5 Å². The van der Waals surface area contributed by atoms with E-state index in [2.05, 4.69) is 16.8 Å². The molecular formula is C17H27N3O2S. The summed E-state index contributed by atoms with van der Waals surface area (Å²) in [4.78, 5) is 28.9. The van der Waals surface area contributed by atoms with Crippen molar-refractivity contribution >= 4 is 23.3 Å². The van der Waals surface area contributed by atoms with Crippen molar-refractivity contribution in [3.05, 3.63) is 22.4 Å².